The van der Waals surface area contributed by atoms with E-state index in [1.165, 1.54) is 14.2 Å². The molecule has 8 rings (SSSR count). The van der Waals surface area contributed by atoms with Crippen LogP contribution >= 0.6 is 0 Å². The second-order valence-corrected chi connectivity index (χ2v) is 22.2. The number of carbonyl (C=O) groups is 7. The van der Waals surface area contributed by atoms with Crippen molar-refractivity contribution in [2.24, 2.45) is 23.7 Å². The molecule has 5 fully saturated rings. The Hall–Kier alpha value is -6.66. The lowest BCUT2D eigenvalue weighted by Gasteiger charge is -2.41. The van der Waals surface area contributed by atoms with Crippen molar-refractivity contribution in [3.05, 3.63) is 59.3 Å². The molecule has 1 aliphatic heterocycles. The Morgan fingerprint density at radius 2 is 1.27 bits per heavy atom. The third-order valence-electron chi connectivity index (χ3n) is 16.3. The number of ether oxygens (including phenoxy) is 2. The molecule has 23 heteroatoms. The Morgan fingerprint density at radius 3 is 1.77 bits per heavy atom. The van der Waals surface area contributed by atoms with E-state index in [1.54, 1.807) is 54.6 Å². The number of hydrogen-bond acceptors (Lipinski definition) is 15. The summed E-state index contributed by atoms with van der Waals surface area (Å²) >= 11 is 0. The molecule has 1 saturated heterocycles. The number of nitrogens with one attached hydrogen (secondary N) is 2. The van der Waals surface area contributed by atoms with Crippen molar-refractivity contribution in [2.75, 3.05) is 133 Å². The van der Waals surface area contributed by atoms with Gasteiger partial charge in [0.15, 0.2) is 5.69 Å². The van der Waals surface area contributed by atoms with Crippen LogP contribution in [0.15, 0.2) is 42.5 Å². The predicted octanol–water partition coefficient (Wildman–Crippen LogP) is 2.67. The van der Waals surface area contributed by atoms with E-state index < -0.39 is 35.3 Å². The van der Waals surface area contributed by atoms with Gasteiger partial charge >= 0.3 is 23.9 Å². The monoisotopic (exact) mass is 1100 g/mol. The van der Waals surface area contributed by atoms with Crippen LogP contribution in [0.5, 0.6) is 11.5 Å². The smallest absolute Gasteiger partial charge is 0.330 e. The second kappa shape index (κ2) is 27.0. The third-order valence-corrected chi connectivity index (χ3v) is 16.3. The van der Waals surface area contributed by atoms with Crippen LogP contribution < -0.4 is 20.1 Å². The topological polar surface area (TPSA) is 280 Å². The van der Waals surface area contributed by atoms with E-state index >= 15 is 0 Å². The van der Waals surface area contributed by atoms with Gasteiger partial charge < -0.3 is 50.3 Å². The highest BCUT2D eigenvalue weighted by atomic mass is 16.5. The highest BCUT2D eigenvalue weighted by Crippen LogP contribution is 2.63. The van der Waals surface area contributed by atoms with Crippen molar-refractivity contribution in [3.63, 3.8) is 0 Å². The SMILES string of the molecule is COc1cccc(OC)c1-c1cc(C(=O)NC2(C(=O)O)C3CC4CC(C3)C2C4)nn1-c1ccc(C(=O)N(CCCNC(=O)CN2CCN(CC(=O)O)CCN(CC(=O)O)CCN(CC(=O)O)CC2)CCCN(C)C)cc1C(C)C. The Morgan fingerprint density at radius 1 is 0.709 bits per heavy atom. The lowest BCUT2D eigenvalue weighted by atomic mass is 9.70. The predicted molar refractivity (Wildman–Crippen MR) is 292 cm³/mol. The summed E-state index contributed by atoms with van der Waals surface area (Å²) in [7, 11) is 7.00. The minimum atomic E-state index is -1.39. The van der Waals surface area contributed by atoms with Crippen molar-refractivity contribution >= 4 is 41.6 Å². The van der Waals surface area contributed by atoms with Gasteiger partial charge in [-0.05, 0) is 131 Å². The number of carboxylic acids is 4. The molecule has 1 aromatic heterocycles. The molecule has 79 heavy (non-hydrogen) atoms. The Bertz CT molecular complexity index is 2620. The first kappa shape index (κ1) is 60.0. The van der Waals surface area contributed by atoms with Gasteiger partial charge in [-0.15, -0.1) is 0 Å². The van der Waals surface area contributed by atoms with Crippen LogP contribution in [0, 0.1) is 23.7 Å². The maximum absolute atomic E-state index is 14.7. The van der Waals surface area contributed by atoms with Gasteiger partial charge in [-0.3, -0.25) is 48.4 Å². The number of benzene rings is 2. The van der Waals surface area contributed by atoms with E-state index in [-0.39, 0.29) is 113 Å². The molecule has 4 bridgehead atoms. The molecule has 5 unspecified atom stereocenters. The molecular formula is C56H80N10O13. The van der Waals surface area contributed by atoms with Crippen LogP contribution in [0.3, 0.4) is 0 Å². The van der Waals surface area contributed by atoms with Gasteiger partial charge in [0.05, 0.1) is 57.3 Å². The molecule has 0 radical (unpaired) electrons. The molecule has 2 aromatic carbocycles. The summed E-state index contributed by atoms with van der Waals surface area (Å²) in [6.07, 6.45) is 4.41. The number of amides is 3. The van der Waals surface area contributed by atoms with Gasteiger partial charge in [0, 0.05) is 77.6 Å². The molecule has 5 aliphatic rings. The lowest BCUT2D eigenvalue weighted by Crippen LogP contribution is -2.62. The number of aromatic nitrogens is 2. The average molecular weight is 1100 g/mol. The highest BCUT2D eigenvalue weighted by molar-refractivity contribution is 5.99. The molecule has 3 aromatic rings. The summed E-state index contributed by atoms with van der Waals surface area (Å²) < 4.78 is 13.3. The molecule has 23 nitrogen and oxygen atoms in total. The Kier molecular flexibility index (Phi) is 20.5. The number of aliphatic carboxylic acids is 4. The molecule has 2 heterocycles. The van der Waals surface area contributed by atoms with Crippen LogP contribution in [0.2, 0.25) is 0 Å². The number of methoxy groups -OCH3 is 2. The zero-order chi connectivity index (χ0) is 57.1. The summed E-state index contributed by atoms with van der Waals surface area (Å²) in [4.78, 5) is 102. The second-order valence-electron chi connectivity index (χ2n) is 22.2. The molecule has 5 atom stereocenters. The summed E-state index contributed by atoms with van der Waals surface area (Å²) in [6, 6.07) is 12.4. The van der Waals surface area contributed by atoms with E-state index in [0.29, 0.717) is 78.9 Å². The fourth-order valence-electron chi connectivity index (χ4n) is 12.5. The van der Waals surface area contributed by atoms with Gasteiger partial charge in [-0.25, -0.2) is 9.48 Å². The van der Waals surface area contributed by atoms with Crippen LogP contribution in [0.1, 0.15) is 84.7 Å². The van der Waals surface area contributed by atoms with E-state index in [0.717, 1.165) is 37.8 Å². The fourth-order valence-corrected chi connectivity index (χ4v) is 12.5. The maximum atomic E-state index is 14.7. The number of carboxylic acid groups (broad SMARTS) is 4. The quantitative estimate of drug-likeness (QED) is 0.0666. The van der Waals surface area contributed by atoms with Crippen molar-refractivity contribution in [2.45, 2.75) is 63.8 Å². The molecular weight excluding hydrogens is 1020 g/mol. The first-order valence-electron chi connectivity index (χ1n) is 27.5. The van der Waals surface area contributed by atoms with Crippen molar-refractivity contribution in [3.8, 4) is 28.4 Å². The van der Waals surface area contributed by atoms with Gasteiger partial charge in [0.25, 0.3) is 11.8 Å². The standard InChI is InChI=1S/C56H80N10O13/c1-36(2)41-30-38(12-13-44(41)66-45(52-46(78-5)10-7-11-47(52)79-6)31-43(59-66)53(74)58-56(55(76)77)40-27-37-26-39(29-40)42(56)28-37)54(75)65(17-9-15-60(3)4)16-8-14-57-48(67)32-61-18-20-62(33-49(68)69)22-24-64(35-51(72)73)25-23-63(21-19-61)34-50(70)71/h7,10-13,30-31,36-37,39-40,42H,8-9,14-29,32-35H2,1-6H3,(H,57,67)(H,58,74)(H,68,69)(H,70,71)(H,72,73)(H,76,77). The van der Waals surface area contributed by atoms with E-state index in [4.69, 9.17) is 14.6 Å². The number of rotatable bonds is 25. The number of carbonyl (C=O) groups excluding carboxylic acids is 3. The minimum Gasteiger partial charge on any atom is -0.496 e. The lowest BCUT2D eigenvalue weighted by molar-refractivity contribution is -0.150. The van der Waals surface area contributed by atoms with Crippen LogP contribution in [-0.4, -0.2) is 240 Å². The first-order valence-corrected chi connectivity index (χ1v) is 27.5. The molecule has 6 N–H and O–H groups in total. The van der Waals surface area contributed by atoms with Crippen molar-refractivity contribution in [1.82, 2.24) is 49.8 Å². The van der Waals surface area contributed by atoms with E-state index in [9.17, 15) is 54.0 Å². The maximum Gasteiger partial charge on any atom is 0.330 e. The highest BCUT2D eigenvalue weighted by Gasteiger charge is 2.67. The average Bonchev–Trinajstić information content (AvgIpc) is 4.27. The minimum absolute atomic E-state index is 0.0192. The molecule has 4 saturated carbocycles. The van der Waals surface area contributed by atoms with E-state index in [2.05, 4.69) is 10.6 Å². The van der Waals surface area contributed by atoms with Crippen LogP contribution in [0.25, 0.3) is 16.9 Å². The van der Waals surface area contributed by atoms with Gasteiger partial charge in [-0.1, -0.05) is 19.9 Å². The molecule has 3 amide bonds. The Balaban J connectivity index is 1.09. The van der Waals surface area contributed by atoms with Gasteiger partial charge in [0.1, 0.15) is 17.0 Å². The molecule has 4 aliphatic carbocycles. The zero-order valence-electron chi connectivity index (χ0n) is 46.5. The van der Waals surface area contributed by atoms with E-state index in [1.807, 2.05) is 49.9 Å². The van der Waals surface area contributed by atoms with Crippen molar-refractivity contribution in [1.29, 1.82) is 0 Å². The fraction of sp³-hybridized carbons (Fsp3) is 0.607. The third kappa shape index (κ3) is 14.8. The van der Waals surface area contributed by atoms with Crippen molar-refractivity contribution < 1.29 is 63.5 Å². The number of hydrogen-bond donors (Lipinski definition) is 6. The molecule has 432 valence electrons. The zero-order valence-corrected chi connectivity index (χ0v) is 46.5. The Labute approximate surface area is 461 Å². The summed E-state index contributed by atoms with van der Waals surface area (Å²) in [6.45, 7) is 7.05. The van der Waals surface area contributed by atoms with Gasteiger partial charge in [-0.2, -0.15) is 5.10 Å². The molecule has 0 spiro atoms. The number of nitrogens with zero attached hydrogens (tertiary/aromatic N) is 8. The van der Waals surface area contributed by atoms with Gasteiger partial charge in [0.2, 0.25) is 5.91 Å². The van der Waals surface area contributed by atoms with Crippen LogP contribution in [0.4, 0.5) is 0 Å². The largest absolute Gasteiger partial charge is 0.496 e. The summed E-state index contributed by atoms with van der Waals surface area (Å²) in [5.74, 6) is -4.05. The normalized spacial score (nSPS) is 22.1. The summed E-state index contributed by atoms with van der Waals surface area (Å²) in [5.41, 5.74) is 1.38. The first-order chi connectivity index (χ1) is 37.7. The summed E-state index contributed by atoms with van der Waals surface area (Å²) in [5, 5.41) is 50.5. The van der Waals surface area contributed by atoms with Crippen LogP contribution in [-0.2, 0) is 24.0 Å².